The lowest BCUT2D eigenvalue weighted by Crippen LogP contribution is -2.42. The number of likely N-dealkylation sites (tertiary alicyclic amines) is 1. The minimum Gasteiger partial charge on any atom is -0.439 e. The molecular formula is C15H21Cl2N3O. The van der Waals surface area contributed by atoms with Gasteiger partial charge in [-0.2, -0.15) is 0 Å². The summed E-state index contributed by atoms with van der Waals surface area (Å²) in [6, 6.07) is 10.3. The second kappa shape index (κ2) is 8.39. The zero-order valence-corrected chi connectivity index (χ0v) is 13.4. The molecule has 0 spiro atoms. The van der Waals surface area contributed by atoms with Crippen molar-refractivity contribution in [2.45, 2.75) is 25.4 Å². The third-order valence-corrected chi connectivity index (χ3v) is 3.51. The Morgan fingerprint density at radius 1 is 1.24 bits per heavy atom. The fourth-order valence-corrected chi connectivity index (χ4v) is 2.55. The molecule has 1 aromatic heterocycles. The average Bonchev–Trinajstić information content (AvgIpc) is 2.88. The fourth-order valence-electron chi connectivity index (χ4n) is 2.55. The van der Waals surface area contributed by atoms with Crippen LogP contribution in [-0.4, -0.2) is 29.0 Å². The van der Waals surface area contributed by atoms with E-state index in [1.807, 2.05) is 30.3 Å². The van der Waals surface area contributed by atoms with Crippen LogP contribution in [0.15, 0.2) is 40.9 Å². The first-order valence-corrected chi connectivity index (χ1v) is 6.79. The van der Waals surface area contributed by atoms with Crippen LogP contribution in [0.2, 0.25) is 0 Å². The highest BCUT2D eigenvalue weighted by Gasteiger charge is 2.18. The number of hydrogen-bond acceptors (Lipinski definition) is 4. The molecule has 1 unspecified atom stereocenters. The monoisotopic (exact) mass is 329 g/mol. The molecule has 0 saturated carbocycles. The Kier molecular flexibility index (Phi) is 7.18. The lowest BCUT2D eigenvalue weighted by molar-refractivity contribution is 0.185. The Labute approximate surface area is 137 Å². The van der Waals surface area contributed by atoms with E-state index in [-0.39, 0.29) is 30.9 Å². The summed E-state index contributed by atoms with van der Waals surface area (Å²) in [6.45, 7) is 2.76. The van der Waals surface area contributed by atoms with Gasteiger partial charge in [-0.1, -0.05) is 30.3 Å². The highest BCUT2D eigenvalue weighted by molar-refractivity contribution is 5.85. The summed E-state index contributed by atoms with van der Waals surface area (Å²) in [5.41, 5.74) is 7.05. The molecule has 1 aliphatic heterocycles. The van der Waals surface area contributed by atoms with Crippen LogP contribution in [-0.2, 0) is 6.54 Å². The molecule has 1 atom stereocenters. The van der Waals surface area contributed by atoms with Gasteiger partial charge in [-0.05, 0) is 19.4 Å². The number of benzene rings is 1. The first kappa shape index (κ1) is 18.0. The molecule has 6 heteroatoms. The third-order valence-electron chi connectivity index (χ3n) is 3.51. The molecule has 2 aromatic rings. The maximum Gasteiger partial charge on any atom is 0.209 e. The Morgan fingerprint density at radius 3 is 2.71 bits per heavy atom. The van der Waals surface area contributed by atoms with Crippen LogP contribution >= 0.6 is 24.8 Å². The molecule has 1 aliphatic rings. The van der Waals surface area contributed by atoms with Gasteiger partial charge in [-0.15, -0.1) is 24.8 Å². The van der Waals surface area contributed by atoms with Gasteiger partial charge in [0.1, 0.15) is 0 Å². The largest absolute Gasteiger partial charge is 0.439 e. The molecule has 1 saturated heterocycles. The zero-order valence-electron chi connectivity index (χ0n) is 11.8. The average molecular weight is 330 g/mol. The van der Waals surface area contributed by atoms with Gasteiger partial charge in [0, 0.05) is 18.2 Å². The number of oxazole rings is 1. The van der Waals surface area contributed by atoms with Crippen molar-refractivity contribution in [2.24, 2.45) is 5.73 Å². The van der Waals surface area contributed by atoms with Crippen LogP contribution in [0.4, 0.5) is 0 Å². The first-order chi connectivity index (χ1) is 9.31. The molecule has 0 bridgehead atoms. The molecular weight excluding hydrogens is 309 g/mol. The van der Waals surface area contributed by atoms with Crippen LogP contribution in [0.1, 0.15) is 18.7 Å². The number of piperidine rings is 1. The third kappa shape index (κ3) is 4.71. The number of aromatic nitrogens is 1. The van der Waals surface area contributed by atoms with Crippen molar-refractivity contribution < 1.29 is 4.42 Å². The number of nitrogens with two attached hydrogens (primary N) is 1. The van der Waals surface area contributed by atoms with Crippen LogP contribution in [0.3, 0.4) is 0 Å². The van der Waals surface area contributed by atoms with E-state index in [4.69, 9.17) is 10.2 Å². The summed E-state index contributed by atoms with van der Waals surface area (Å²) < 4.78 is 5.81. The van der Waals surface area contributed by atoms with Crippen molar-refractivity contribution in [3.63, 3.8) is 0 Å². The van der Waals surface area contributed by atoms with E-state index in [9.17, 15) is 0 Å². The molecule has 2 heterocycles. The summed E-state index contributed by atoms with van der Waals surface area (Å²) in [5, 5.41) is 0. The van der Waals surface area contributed by atoms with Crippen LogP contribution in [0.25, 0.3) is 11.3 Å². The molecule has 21 heavy (non-hydrogen) atoms. The van der Waals surface area contributed by atoms with Crippen molar-refractivity contribution in [1.82, 2.24) is 9.88 Å². The summed E-state index contributed by atoms with van der Waals surface area (Å²) in [7, 11) is 0. The quantitative estimate of drug-likeness (QED) is 0.939. The van der Waals surface area contributed by atoms with Gasteiger partial charge < -0.3 is 10.2 Å². The topological polar surface area (TPSA) is 55.3 Å². The number of halogens is 2. The highest BCUT2D eigenvalue weighted by Crippen LogP contribution is 2.21. The molecule has 0 radical (unpaired) electrons. The van der Waals surface area contributed by atoms with Crippen molar-refractivity contribution in [1.29, 1.82) is 0 Å². The van der Waals surface area contributed by atoms with E-state index in [0.29, 0.717) is 0 Å². The maximum absolute atomic E-state index is 5.98. The van der Waals surface area contributed by atoms with Crippen LogP contribution in [0.5, 0.6) is 0 Å². The summed E-state index contributed by atoms with van der Waals surface area (Å²) in [4.78, 5) is 6.68. The van der Waals surface area contributed by atoms with Crippen molar-refractivity contribution >= 4 is 24.8 Å². The molecule has 0 aliphatic carbocycles. The second-order valence-corrected chi connectivity index (χ2v) is 5.12. The van der Waals surface area contributed by atoms with Crippen molar-refractivity contribution in [2.75, 3.05) is 13.1 Å². The molecule has 1 aromatic carbocycles. The number of nitrogens with zero attached hydrogens (tertiary/aromatic N) is 2. The Hall–Kier alpha value is -1.07. The molecule has 4 nitrogen and oxygen atoms in total. The van der Waals surface area contributed by atoms with Gasteiger partial charge in [-0.3, -0.25) is 4.90 Å². The van der Waals surface area contributed by atoms with E-state index in [1.165, 1.54) is 0 Å². The Morgan fingerprint density at radius 2 is 2.00 bits per heavy atom. The second-order valence-electron chi connectivity index (χ2n) is 5.12. The van der Waals surface area contributed by atoms with Gasteiger partial charge in [0.05, 0.1) is 12.7 Å². The SMILES string of the molecule is Cl.Cl.NC1CCCN(Cc2ncc(-c3ccccc3)o2)C1. The molecule has 3 rings (SSSR count). The minimum absolute atomic E-state index is 0. The molecule has 1 fully saturated rings. The van der Waals surface area contributed by atoms with Gasteiger partial charge in [0.15, 0.2) is 5.76 Å². The smallest absolute Gasteiger partial charge is 0.209 e. The predicted molar refractivity (Wildman–Crippen MR) is 88.9 cm³/mol. The normalized spacial score (nSPS) is 18.6. The Balaban J connectivity index is 0.00000110. The summed E-state index contributed by atoms with van der Waals surface area (Å²) in [6.07, 6.45) is 4.08. The van der Waals surface area contributed by atoms with Gasteiger partial charge in [-0.25, -0.2) is 4.98 Å². The summed E-state index contributed by atoms with van der Waals surface area (Å²) >= 11 is 0. The predicted octanol–water partition coefficient (Wildman–Crippen LogP) is 3.11. The maximum atomic E-state index is 5.98. The van der Waals surface area contributed by atoms with E-state index in [2.05, 4.69) is 9.88 Å². The Bertz CT molecular complexity index is 533. The van der Waals surface area contributed by atoms with E-state index in [0.717, 1.165) is 49.7 Å². The standard InChI is InChI=1S/C15H19N3O.2ClH/c16-13-7-4-8-18(10-13)11-15-17-9-14(19-15)12-5-2-1-3-6-12;;/h1-3,5-6,9,13H,4,7-8,10-11,16H2;2*1H. The van der Waals surface area contributed by atoms with Gasteiger partial charge in [0.25, 0.3) is 0 Å². The molecule has 116 valence electrons. The van der Waals surface area contributed by atoms with Crippen LogP contribution in [0, 0.1) is 0 Å². The van der Waals surface area contributed by atoms with E-state index < -0.39 is 0 Å². The van der Waals surface area contributed by atoms with E-state index >= 15 is 0 Å². The molecule has 2 N–H and O–H groups in total. The lowest BCUT2D eigenvalue weighted by Gasteiger charge is -2.29. The van der Waals surface area contributed by atoms with Crippen molar-refractivity contribution in [3.05, 3.63) is 42.4 Å². The molecule has 0 amide bonds. The fraction of sp³-hybridized carbons (Fsp3) is 0.400. The van der Waals surface area contributed by atoms with Gasteiger partial charge in [0.2, 0.25) is 5.89 Å². The minimum atomic E-state index is 0. The van der Waals surface area contributed by atoms with E-state index in [1.54, 1.807) is 6.20 Å². The highest BCUT2D eigenvalue weighted by atomic mass is 35.5. The number of hydrogen-bond donors (Lipinski definition) is 1. The van der Waals surface area contributed by atoms with Crippen LogP contribution < -0.4 is 5.73 Å². The number of rotatable bonds is 3. The summed E-state index contributed by atoms with van der Waals surface area (Å²) in [5.74, 6) is 1.60. The first-order valence-electron chi connectivity index (χ1n) is 6.79. The lowest BCUT2D eigenvalue weighted by atomic mass is 10.1. The van der Waals surface area contributed by atoms with Crippen molar-refractivity contribution in [3.8, 4) is 11.3 Å². The van der Waals surface area contributed by atoms with Gasteiger partial charge >= 0.3 is 0 Å². The zero-order chi connectivity index (χ0) is 13.1.